The number of piperidine rings is 1. The number of hydrogen-bond acceptors (Lipinski definition) is 4. The predicted octanol–water partition coefficient (Wildman–Crippen LogP) is 5.41. The SMILES string of the molecule is C=CC(=O)N1CCC(c2c3ccc(-c4cc(O)cc5ccccc45)cc3nn2CCCN(C)C)CC1. The molecule has 6 heteroatoms. The van der Waals surface area contributed by atoms with Gasteiger partial charge >= 0.3 is 0 Å². The molecule has 5 rings (SSSR count). The van der Waals surface area contributed by atoms with E-state index in [0.717, 1.165) is 72.9 Å². The first-order chi connectivity index (χ1) is 17.4. The van der Waals surface area contributed by atoms with E-state index in [0.29, 0.717) is 5.92 Å². The van der Waals surface area contributed by atoms with Crippen LogP contribution in [0.3, 0.4) is 0 Å². The van der Waals surface area contributed by atoms with E-state index < -0.39 is 0 Å². The zero-order valence-electron chi connectivity index (χ0n) is 21.2. The molecule has 0 bridgehead atoms. The minimum absolute atomic E-state index is 0.0146. The van der Waals surface area contributed by atoms with Crippen molar-refractivity contribution < 1.29 is 9.90 Å². The van der Waals surface area contributed by atoms with Crippen LogP contribution in [0.2, 0.25) is 0 Å². The molecule has 2 heterocycles. The maximum atomic E-state index is 12.1. The average molecular weight is 483 g/mol. The second-order valence-electron chi connectivity index (χ2n) is 10.0. The van der Waals surface area contributed by atoms with Crippen molar-refractivity contribution in [1.29, 1.82) is 0 Å². The minimum Gasteiger partial charge on any atom is -0.508 e. The molecule has 3 aromatic carbocycles. The molecule has 6 nitrogen and oxygen atoms in total. The number of benzene rings is 3. The fourth-order valence-corrected chi connectivity index (χ4v) is 5.50. The van der Waals surface area contributed by atoms with Crippen LogP contribution in [0.4, 0.5) is 0 Å². The average Bonchev–Trinajstić information content (AvgIpc) is 3.24. The molecule has 4 aromatic rings. The van der Waals surface area contributed by atoms with Gasteiger partial charge < -0.3 is 14.9 Å². The van der Waals surface area contributed by atoms with E-state index >= 15 is 0 Å². The van der Waals surface area contributed by atoms with Crippen LogP contribution in [0.25, 0.3) is 32.8 Å². The number of amides is 1. The lowest BCUT2D eigenvalue weighted by Crippen LogP contribution is -2.37. The summed E-state index contributed by atoms with van der Waals surface area (Å²) in [5, 5.41) is 18.8. The lowest BCUT2D eigenvalue weighted by atomic mass is 9.90. The molecule has 0 spiro atoms. The quantitative estimate of drug-likeness (QED) is 0.358. The van der Waals surface area contributed by atoms with Crippen LogP contribution in [0.15, 0.2) is 67.3 Å². The molecule has 0 aliphatic carbocycles. The summed E-state index contributed by atoms with van der Waals surface area (Å²) in [4.78, 5) is 16.2. The second kappa shape index (κ2) is 10.2. The third kappa shape index (κ3) is 4.73. The van der Waals surface area contributed by atoms with Gasteiger partial charge in [0.05, 0.1) is 5.52 Å². The molecule has 0 radical (unpaired) electrons. The van der Waals surface area contributed by atoms with Crippen LogP contribution in [-0.4, -0.2) is 64.3 Å². The Balaban J connectivity index is 1.54. The van der Waals surface area contributed by atoms with Gasteiger partial charge in [-0.2, -0.15) is 5.10 Å². The molecule has 0 saturated carbocycles. The minimum atomic E-state index is 0.0146. The highest BCUT2D eigenvalue weighted by molar-refractivity contribution is 5.99. The fraction of sp³-hybridized carbons (Fsp3) is 0.333. The Morgan fingerprint density at radius 1 is 1.11 bits per heavy atom. The number of aromatic nitrogens is 2. The predicted molar refractivity (Wildman–Crippen MR) is 146 cm³/mol. The van der Waals surface area contributed by atoms with Crippen LogP contribution in [0.1, 0.15) is 30.9 Å². The summed E-state index contributed by atoms with van der Waals surface area (Å²) >= 11 is 0. The number of phenols is 1. The van der Waals surface area contributed by atoms with E-state index in [4.69, 9.17) is 5.10 Å². The normalized spacial score (nSPS) is 14.7. The van der Waals surface area contributed by atoms with Crippen molar-refractivity contribution in [3.8, 4) is 16.9 Å². The van der Waals surface area contributed by atoms with Gasteiger partial charge in [-0.05, 0) is 86.1 Å². The molecule has 36 heavy (non-hydrogen) atoms. The number of hydrogen-bond donors (Lipinski definition) is 1. The Labute approximate surface area is 212 Å². The highest BCUT2D eigenvalue weighted by Crippen LogP contribution is 2.37. The topological polar surface area (TPSA) is 61.6 Å². The molecule has 1 saturated heterocycles. The van der Waals surface area contributed by atoms with E-state index in [1.807, 2.05) is 29.2 Å². The van der Waals surface area contributed by atoms with Crippen molar-refractivity contribution in [3.05, 3.63) is 72.9 Å². The Bertz CT molecular complexity index is 1410. The second-order valence-corrected chi connectivity index (χ2v) is 10.0. The summed E-state index contributed by atoms with van der Waals surface area (Å²) in [6, 6.07) is 18.3. The zero-order valence-corrected chi connectivity index (χ0v) is 21.2. The van der Waals surface area contributed by atoms with Crippen molar-refractivity contribution in [2.24, 2.45) is 0 Å². The van der Waals surface area contributed by atoms with Crippen LogP contribution < -0.4 is 0 Å². The molecule has 1 fully saturated rings. The summed E-state index contributed by atoms with van der Waals surface area (Å²) in [5.41, 5.74) is 4.31. The molecular formula is C30H34N4O2. The monoisotopic (exact) mass is 482 g/mol. The Hall–Kier alpha value is -3.64. The summed E-state index contributed by atoms with van der Waals surface area (Å²) in [7, 11) is 4.19. The highest BCUT2D eigenvalue weighted by atomic mass is 16.3. The molecular weight excluding hydrogens is 448 g/mol. The third-order valence-electron chi connectivity index (χ3n) is 7.28. The van der Waals surface area contributed by atoms with Crippen LogP contribution in [-0.2, 0) is 11.3 Å². The number of carbonyl (C=O) groups is 1. The van der Waals surface area contributed by atoms with Gasteiger partial charge in [0.15, 0.2) is 0 Å². The first-order valence-corrected chi connectivity index (χ1v) is 12.7. The molecule has 186 valence electrons. The molecule has 1 aromatic heterocycles. The van der Waals surface area contributed by atoms with E-state index in [9.17, 15) is 9.90 Å². The van der Waals surface area contributed by atoms with Crippen molar-refractivity contribution in [3.63, 3.8) is 0 Å². The molecule has 1 amide bonds. The number of likely N-dealkylation sites (tertiary alicyclic amines) is 1. The van der Waals surface area contributed by atoms with E-state index in [-0.39, 0.29) is 11.7 Å². The fourth-order valence-electron chi connectivity index (χ4n) is 5.50. The number of aromatic hydroxyl groups is 1. The highest BCUT2D eigenvalue weighted by Gasteiger charge is 2.27. The van der Waals surface area contributed by atoms with E-state index in [1.54, 1.807) is 6.07 Å². The van der Waals surface area contributed by atoms with Gasteiger partial charge in [0.25, 0.3) is 0 Å². The molecule has 1 aliphatic heterocycles. The zero-order chi connectivity index (χ0) is 25.2. The maximum absolute atomic E-state index is 12.1. The van der Waals surface area contributed by atoms with Gasteiger partial charge in [-0.15, -0.1) is 0 Å². The van der Waals surface area contributed by atoms with Crippen LogP contribution in [0.5, 0.6) is 5.75 Å². The number of phenolic OH excluding ortho intramolecular Hbond substituents is 1. The maximum Gasteiger partial charge on any atom is 0.245 e. The van der Waals surface area contributed by atoms with E-state index in [2.05, 4.69) is 54.5 Å². The molecule has 0 atom stereocenters. The largest absolute Gasteiger partial charge is 0.508 e. The summed E-state index contributed by atoms with van der Waals surface area (Å²) in [5.74, 6) is 0.635. The standard InChI is InChI=1S/C30H34N4O2/c1-4-29(36)33-16-12-21(13-17-33)30-26-11-10-23(19-28(26)31-34(30)15-7-14-32(2)3)27-20-24(35)18-22-8-5-6-9-25(22)27/h4-6,8-11,18-21,35H,1,7,12-17H2,2-3H3. The first-order valence-electron chi connectivity index (χ1n) is 12.7. The number of nitrogens with zero attached hydrogens (tertiary/aromatic N) is 4. The number of fused-ring (bicyclic) bond motifs is 2. The van der Waals surface area contributed by atoms with Gasteiger partial charge in [0.1, 0.15) is 5.75 Å². The Kier molecular flexibility index (Phi) is 6.79. The number of aryl methyl sites for hydroxylation is 1. The van der Waals surface area contributed by atoms with Gasteiger partial charge in [-0.3, -0.25) is 9.48 Å². The number of rotatable bonds is 7. The van der Waals surface area contributed by atoms with Crippen molar-refractivity contribution in [2.45, 2.75) is 31.7 Å². The van der Waals surface area contributed by atoms with Crippen molar-refractivity contribution in [1.82, 2.24) is 19.6 Å². The van der Waals surface area contributed by atoms with Gasteiger partial charge in [-0.1, -0.05) is 43.0 Å². The molecule has 1 N–H and O–H groups in total. The van der Waals surface area contributed by atoms with E-state index in [1.165, 1.54) is 17.2 Å². The Morgan fingerprint density at radius 2 is 1.89 bits per heavy atom. The lowest BCUT2D eigenvalue weighted by Gasteiger charge is -2.32. The smallest absolute Gasteiger partial charge is 0.245 e. The van der Waals surface area contributed by atoms with Crippen LogP contribution >= 0.6 is 0 Å². The molecule has 1 aliphatic rings. The number of carbonyl (C=O) groups excluding carboxylic acids is 1. The van der Waals surface area contributed by atoms with Gasteiger partial charge in [-0.25, -0.2) is 0 Å². The Morgan fingerprint density at radius 3 is 2.64 bits per heavy atom. The third-order valence-corrected chi connectivity index (χ3v) is 7.28. The first kappa shape index (κ1) is 24.1. The van der Waals surface area contributed by atoms with Crippen molar-refractivity contribution >= 4 is 27.6 Å². The van der Waals surface area contributed by atoms with Gasteiger partial charge in [0, 0.05) is 36.6 Å². The van der Waals surface area contributed by atoms with Crippen molar-refractivity contribution in [2.75, 3.05) is 33.7 Å². The van der Waals surface area contributed by atoms with Crippen LogP contribution in [0, 0.1) is 0 Å². The summed E-state index contributed by atoms with van der Waals surface area (Å²) < 4.78 is 2.20. The summed E-state index contributed by atoms with van der Waals surface area (Å²) in [6.45, 7) is 6.99. The summed E-state index contributed by atoms with van der Waals surface area (Å²) in [6.07, 6.45) is 4.28. The lowest BCUT2D eigenvalue weighted by molar-refractivity contribution is -0.127. The van der Waals surface area contributed by atoms with Gasteiger partial charge in [0.2, 0.25) is 5.91 Å². The molecule has 0 unspecified atom stereocenters.